The number of fused-ring (bicyclic) bond motifs is 1. The summed E-state index contributed by atoms with van der Waals surface area (Å²) in [4.78, 5) is 14.6. The number of nitrogens with zero attached hydrogens (tertiary/aromatic N) is 1. The number of nitrogens with one attached hydrogen (secondary N) is 1. The van der Waals surface area contributed by atoms with E-state index in [0.717, 1.165) is 17.8 Å². The summed E-state index contributed by atoms with van der Waals surface area (Å²) in [5.74, 6) is 0.193. The smallest absolute Gasteiger partial charge is 0.229 e. The molecule has 23 heavy (non-hydrogen) atoms. The first-order valence-corrected chi connectivity index (χ1v) is 8.27. The summed E-state index contributed by atoms with van der Waals surface area (Å²) in [5, 5.41) is 3.36. The van der Waals surface area contributed by atoms with Crippen molar-refractivity contribution in [2.45, 2.75) is 39.7 Å². The molecule has 1 heterocycles. The van der Waals surface area contributed by atoms with Crippen LogP contribution in [0.4, 0.5) is 11.4 Å². The molecule has 1 amide bonds. The van der Waals surface area contributed by atoms with Crippen molar-refractivity contribution in [1.82, 2.24) is 0 Å². The topological polar surface area (TPSA) is 32.3 Å². The molecule has 0 saturated heterocycles. The Morgan fingerprint density at radius 2 is 1.96 bits per heavy atom. The molecule has 0 fully saturated rings. The predicted molar refractivity (Wildman–Crippen MR) is 96.1 cm³/mol. The van der Waals surface area contributed by atoms with Gasteiger partial charge in [0, 0.05) is 30.4 Å². The van der Waals surface area contributed by atoms with Crippen LogP contribution in [0.1, 0.15) is 30.0 Å². The molecule has 0 aromatic heterocycles. The number of benzene rings is 2. The van der Waals surface area contributed by atoms with E-state index >= 15 is 0 Å². The maximum absolute atomic E-state index is 12.6. The van der Waals surface area contributed by atoms with Crippen molar-refractivity contribution in [3.63, 3.8) is 0 Å². The van der Waals surface area contributed by atoms with E-state index in [1.807, 2.05) is 23.1 Å². The molecule has 1 N–H and O–H groups in total. The van der Waals surface area contributed by atoms with E-state index in [1.54, 1.807) is 0 Å². The number of rotatable bonds is 4. The lowest BCUT2D eigenvalue weighted by Crippen LogP contribution is -2.36. The Morgan fingerprint density at radius 3 is 2.74 bits per heavy atom. The van der Waals surface area contributed by atoms with Crippen LogP contribution in [0.2, 0.25) is 0 Å². The van der Waals surface area contributed by atoms with Crippen LogP contribution < -0.4 is 10.2 Å². The molecule has 0 aliphatic carbocycles. The molecule has 2 aromatic carbocycles. The summed E-state index contributed by atoms with van der Waals surface area (Å²) in [6.07, 6.45) is 1.46. The van der Waals surface area contributed by atoms with Gasteiger partial charge in [0.05, 0.1) is 0 Å². The van der Waals surface area contributed by atoms with Gasteiger partial charge in [-0.2, -0.15) is 0 Å². The fraction of sp³-hybridized carbons (Fsp3) is 0.350. The average Bonchev–Trinajstić information content (AvgIpc) is 2.86. The minimum absolute atomic E-state index is 0.193. The van der Waals surface area contributed by atoms with Crippen LogP contribution in [-0.2, 0) is 11.2 Å². The second-order valence-electron chi connectivity index (χ2n) is 6.42. The lowest BCUT2D eigenvalue weighted by molar-refractivity contribution is -0.118. The number of hydrogen-bond acceptors (Lipinski definition) is 2. The van der Waals surface area contributed by atoms with E-state index < -0.39 is 0 Å². The van der Waals surface area contributed by atoms with Crippen LogP contribution in [0.5, 0.6) is 0 Å². The molecule has 0 spiro atoms. The van der Waals surface area contributed by atoms with Crippen molar-refractivity contribution in [1.29, 1.82) is 0 Å². The Labute approximate surface area is 138 Å². The van der Waals surface area contributed by atoms with E-state index in [1.165, 1.54) is 16.7 Å². The Kier molecular flexibility index (Phi) is 4.37. The highest BCUT2D eigenvalue weighted by Crippen LogP contribution is 2.32. The Hall–Kier alpha value is -2.29. The molecule has 0 bridgehead atoms. The SMILES string of the molecule is Cc1ccc(NCCC(=O)N2c3ccccc3CC2C)cc1C. The lowest BCUT2D eigenvalue weighted by Gasteiger charge is -2.23. The highest BCUT2D eigenvalue weighted by Gasteiger charge is 2.29. The first-order chi connectivity index (χ1) is 11.1. The molecule has 3 rings (SSSR count). The van der Waals surface area contributed by atoms with Gasteiger partial charge in [-0.25, -0.2) is 0 Å². The minimum atomic E-state index is 0.193. The summed E-state index contributed by atoms with van der Waals surface area (Å²) in [7, 11) is 0. The molecule has 1 unspecified atom stereocenters. The minimum Gasteiger partial charge on any atom is -0.385 e. The molecule has 1 aliphatic rings. The molecule has 3 nitrogen and oxygen atoms in total. The van der Waals surface area contributed by atoms with Gasteiger partial charge in [0.15, 0.2) is 0 Å². The van der Waals surface area contributed by atoms with Crippen LogP contribution in [0.3, 0.4) is 0 Å². The van der Waals surface area contributed by atoms with Crippen molar-refractivity contribution >= 4 is 17.3 Å². The van der Waals surface area contributed by atoms with Crippen molar-refractivity contribution in [3.8, 4) is 0 Å². The lowest BCUT2D eigenvalue weighted by atomic mass is 10.1. The molecular weight excluding hydrogens is 284 g/mol. The summed E-state index contributed by atoms with van der Waals surface area (Å²) in [6, 6.07) is 14.8. The third-order valence-corrected chi connectivity index (χ3v) is 4.65. The van der Waals surface area contributed by atoms with Crippen LogP contribution in [-0.4, -0.2) is 18.5 Å². The van der Waals surface area contributed by atoms with Gasteiger partial charge in [0.2, 0.25) is 5.91 Å². The first kappa shape index (κ1) is 15.6. The van der Waals surface area contributed by atoms with E-state index in [2.05, 4.69) is 50.4 Å². The zero-order chi connectivity index (χ0) is 16.4. The van der Waals surface area contributed by atoms with Crippen LogP contribution in [0.15, 0.2) is 42.5 Å². The number of para-hydroxylation sites is 1. The summed E-state index contributed by atoms with van der Waals surface area (Å²) >= 11 is 0. The van der Waals surface area contributed by atoms with Gasteiger partial charge in [-0.3, -0.25) is 4.79 Å². The number of carbonyl (C=O) groups excluding carboxylic acids is 1. The fourth-order valence-corrected chi connectivity index (χ4v) is 3.23. The maximum atomic E-state index is 12.6. The zero-order valence-corrected chi connectivity index (χ0v) is 14.1. The Bertz CT molecular complexity index is 723. The van der Waals surface area contributed by atoms with Crippen molar-refractivity contribution in [2.24, 2.45) is 0 Å². The van der Waals surface area contributed by atoms with Gasteiger partial charge in [-0.1, -0.05) is 24.3 Å². The van der Waals surface area contributed by atoms with Gasteiger partial charge < -0.3 is 10.2 Å². The summed E-state index contributed by atoms with van der Waals surface area (Å²) in [6.45, 7) is 6.99. The first-order valence-electron chi connectivity index (χ1n) is 8.27. The van der Waals surface area contributed by atoms with Crippen LogP contribution >= 0.6 is 0 Å². The second-order valence-corrected chi connectivity index (χ2v) is 6.42. The van der Waals surface area contributed by atoms with Crippen molar-refractivity contribution in [3.05, 3.63) is 59.2 Å². The molecule has 2 aromatic rings. The van der Waals surface area contributed by atoms with Gasteiger partial charge in [0.1, 0.15) is 0 Å². The third kappa shape index (κ3) is 3.24. The molecule has 120 valence electrons. The largest absolute Gasteiger partial charge is 0.385 e. The second kappa shape index (κ2) is 6.45. The van der Waals surface area contributed by atoms with Gasteiger partial charge in [-0.15, -0.1) is 0 Å². The van der Waals surface area contributed by atoms with Crippen molar-refractivity contribution in [2.75, 3.05) is 16.8 Å². The number of anilines is 2. The highest BCUT2D eigenvalue weighted by atomic mass is 16.2. The molecule has 1 aliphatic heterocycles. The molecular formula is C20H24N2O. The predicted octanol–water partition coefficient (Wildman–Crippen LogP) is 4.08. The van der Waals surface area contributed by atoms with Crippen molar-refractivity contribution < 1.29 is 4.79 Å². The fourth-order valence-electron chi connectivity index (χ4n) is 3.23. The van der Waals surface area contributed by atoms with Crippen LogP contribution in [0, 0.1) is 13.8 Å². The van der Waals surface area contributed by atoms with Gasteiger partial charge in [-0.05, 0) is 62.1 Å². The van der Waals surface area contributed by atoms with E-state index in [9.17, 15) is 4.79 Å². The number of aryl methyl sites for hydroxylation is 2. The highest BCUT2D eigenvalue weighted by molar-refractivity contribution is 5.96. The number of hydrogen-bond donors (Lipinski definition) is 1. The van der Waals surface area contributed by atoms with E-state index in [0.29, 0.717) is 13.0 Å². The van der Waals surface area contributed by atoms with E-state index in [4.69, 9.17) is 0 Å². The van der Waals surface area contributed by atoms with E-state index in [-0.39, 0.29) is 11.9 Å². The summed E-state index contributed by atoms with van der Waals surface area (Å²) in [5.41, 5.74) is 5.99. The molecule has 0 saturated carbocycles. The zero-order valence-electron chi connectivity index (χ0n) is 14.1. The standard InChI is InChI=1S/C20H24N2O/c1-14-8-9-18(12-15(14)2)21-11-10-20(23)22-16(3)13-17-6-4-5-7-19(17)22/h4-9,12,16,21H,10-11,13H2,1-3H3. The van der Waals surface area contributed by atoms with Gasteiger partial charge >= 0.3 is 0 Å². The Morgan fingerprint density at radius 1 is 1.17 bits per heavy atom. The monoisotopic (exact) mass is 308 g/mol. The quantitative estimate of drug-likeness (QED) is 0.923. The third-order valence-electron chi connectivity index (χ3n) is 4.65. The normalized spacial score (nSPS) is 16.3. The maximum Gasteiger partial charge on any atom is 0.229 e. The molecule has 0 radical (unpaired) electrons. The number of carbonyl (C=O) groups is 1. The molecule has 1 atom stereocenters. The van der Waals surface area contributed by atoms with Crippen LogP contribution in [0.25, 0.3) is 0 Å². The van der Waals surface area contributed by atoms with Gasteiger partial charge in [0.25, 0.3) is 0 Å². The number of amides is 1. The summed E-state index contributed by atoms with van der Waals surface area (Å²) < 4.78 is 0. The Balaban J connectivity index is 1.60. The molecule has 3 heteroatoms. The average molecular weight is 308 g/mol.